The van der Waals surface area contributed by atoms with Crippen LogP contribution in [0.3, 0.4) is 0 Å². The Kier molecular flexibility index (Phi) is 4.73. The van der Waals surface area contributed by atoms with Crippen molar-refractivity contribution in [1.29, 1.82) is 0 Å². The van der Waals surface area contributed by atoms with Crippen molar-refractivity contribution >= 4 is 37.3 Å². The van der Waals surface area contributed by atoms with Crippen molar-refractivity contribution in [3.8, 4) is 0 Å². The van der Waals surface area contributed by atoms with Gasteiger partial charge in [0.2, 0.25) is 0 Å². The average Bonchev–Trinajstić information content (AvgIpc) is 2.85. The summed E-state index contributed by atoms with van der Waals surface area (Å²) in [5, 5.41) is 0. The van der Waals surface area contributed by atoms with E-state index >= 15 is 0 Å². The first-order valence-corrected chi connectivity index (χ1v) is 9.96. The molecule has 2 heterocycles. The third-order valence-electron chi connectivity index (χ3n) is 5.62. The molecule has 27 heavy (non-hydrogen) atoms. The summed E-state index contributed by atoms with van der Waals surface area (Å²) in [4.78, 5) is 6.95. The van der Waals surface area contributed by atoms with Crippen molar-refractivity contribution in [2.24, 2.45) is 4.90 Å². The van der Waals surface area contributed by atoms with E-state index in [2.05, 4.69) is 62.9 Å². The van der Waals surface area contributed by atoms with Gasteiger partial charge in [0.1, 0.15) is 0 Å². The zero-order valence-electron chi connectivity index (χ0n) is 16.4. The van der Waals surface area contributed by atoms with Gasteiger partial charge in [-0.15, -0.1) is 0 Å². The van der Waals surface area contributed by atoms with Crippen molar-refractivity contribution in [1.82, 2.24) is 0 Å². The molecular weight excluding hydrogens is 356 g/mol. The summed E-state index contributed by atoms with van der Waals surface area (Å²) in [5.41, 5.74) is 3.77. The quantitative estimate of drug-likeness (QED) is 0.642. The van der Waals surface area contributed by atoms with E-state index in [1.165, 1.54) is 28.2 Å². The number of benzene rings is 2. The van der Waals surface area contributed by atoms with Crippen LogP contribution < -0.4 is 5.46 Å². The Morgan fingerprint density at radius 3 is 2.48 bits per heavy atom. The van der Waals surface area contributed by atoms with Crippen LogP contribution in [0.4, 0.5) is 5.69 Å². The topological polar surface area (TPSA) is 40.0 Å². The van der Waals surface area contributed by atoms with Crippen LogP contribution in [0.15, 0.2) is 51.1 Å². The van der Waals surface area contributed by atoms with Gasteiger partial charge in [-0.25, -0.2) is 0 Å². The average molecular weight is 379 g/mol. The van der Waals surface area contributed by atoms with E-state index in [9.17, 15) is 0 Å². The molecule has 0 amide bonds. The predicted molar refractivity (Wildman–Crippen MR) is 110 cm³/mol. The predicted octanol–water partition coefficient (Wildman–Crippen LogP) is 4.12. The molecule has 138 valence electrons. The number of fused-ring (bicyclic) bond motifs is 2. The molecule has 0 spiro atoms. The molecule has 0 saturated carbocycles. The molecule has 1 saturated heterocycles. The van der Waals surface area contributed by atoms with Crippen LogP contribution in [-0.2, 0) is 20.4 Å². The fraction of sp³-hybridized carbons (Fsp3) is 0.400. The van der Waals surface area contributed by atoms with Gasteiger partial charge in [-0.3, -0.25) is 0 Å². The van der Waals surface area contributed by atoms with Crippen molar-refractivity contribution in [2.75, 3.05) is 7.11 Å². The van der Waals surface area contributed by atoms with Crippen LogP contribution in [-0.4, -0.2) is 32.7 Å². The van der Waals surface area contributed by atoms with Gasteiger partial charge in [0.25, 0.3) is 0 Å². The minimum absolute atomic E-state index is 0.366. The zero-order chi connectivity index (χ0) is 19.2. The standard InChI is InChI=1S/C20H23B2NO3S/c1-19(2)20(3,4)26-22(25-19)15-10-11-16(23-21-24-5)14-12-13-8-6-7-9-17(13)27-18(14)15/h6-11H,12H2,1-5H3. The molecule has 0 N–H and O–H groups in total. The molecule has 0 bridgehead atoms. The van der Waals surface area contributed by atoms with E-state index in [0.29, 0.717) is 0 Å². The van der Waals surface area contributed by atoms with Crippen molar-refractivity contribution in [3.05, 3.63) is 47.5 Å². The van der Waals surface area contributed by atoms with Gasteiger partial charge in [-0.1, -0.05) is 0 Å². The Morgan fingerprint density at radius 1 is 1.07 bits per heavy atom. The maximum atomic E-state index is 6.33. The Hall–Kier alpha value is -1.56. The fourth-order valence-electron chi connectivity index (χ4n) is 3.36. The Labute approximate surface area is 166 Å². The molecule has 2 aromatic rings. The van der Waals surface area contributed by atoms with Crippen LogP contribution in [0.25, 0.3) is 0 Å². The molecule has 0 radical (unpaired) electrons. The van der Waals surface area contributed by atoms with Gasteiger partial charge in [-0.05, 0) is 0 Å². The number of nitrogens with zero attached hydrogens (tertiary/aromatic N) is 1. The van der Waals surface area contributed by atoms with E-state index in [0.717, 1.165) is 17.6 Å². The van der Waals surface area contributed by atoms with E-state index in [1.54, 1.807) is 18.9 Å². The molecule has 1 fully saturated rings. The second kappa shape index (κ2) is 6.80. The first kappa shape index (κ1) is 18.8. The summed E-state index contributed by atoms with van der Waals surface area (Å²) in [6.45, 7) is 8.33. The summed E-state index contributed by atoms with van der Waals surface area (Å²) in [5.74, 6) is 0. The second-order valence-electron chi connectivity index (χ2n) is 7.93. The van der Waals surface area contributed by atoms with Gasteiger partial charge in [-0.2, -0.15) is 0 Å². The third kappa shape index (κ3) is 3.26. The fourth-order valence-corrected chi connectivity index (χ4v) is 4.58. The SMILES string of the molecule is COB=Nc1ccc(B2OC(C)(C)C(C)(C)O2)c2c1Cc1ccccc1S2. The van der Waals surface area contributed by atoms with E-state index < -0.39 is 0 Å². The first-order chi connectivity index (χ1) is 12.8. The van der Waals surface area contributed by atoms with Gasteiger partial charge >= 0.3 is 166 Å². The van der Waals surface area contributed by atoms with Crippen LogP contribution in [0.5, 0.6) is 0 Å². The summed E-state index contributed by atoms with van der Waals surface area (Å²) in [7, 11) is 2.70. The summed E-state index contributed by atoms with van der Waals surface area (Å²) >= 11 is 1.77. The molecule has 2 aromatic carbocycles. The molecule has 2 aliphatic heterocycles. The zero-order valence-corrected chi connectivity index (χ0v) is 17.2. The van der Waals surface area contributed by atoms with Gasteiger partial charge in [0, 0.05) is 0 Å². The van der Waals surface area contributed by atoms with Gasteiger partial charge < -0.3 is 0 Å². The van der Waals surface area contributed by atoms with Crippen molar-refractivity contribution in [3.63, 3.8) is 0 Å². The second-order valence-corrected chi connectivity index (χ2v) is 8.98. The summed E-state index contributed by atoms with van der Waals surface area (Å²) in [6, 6.07) is 12.6. The van der Waals surface area contributed by atoms with Crippen LogP contribution >= 0.6 is 11.8 Å². The molecule has 4 nitrogen and oxygen atoms in total. The first-order valence-electron chi connectivity index (χ1n) is 9.15. The number of rotatable bonds is 3. The van der Waals surface area contributed by atoms with Gasteiger partial charge in [0.05, 0.1) is 0 Å². The minimum atomic E-state index is -0.387. The molecule has 4 rings (SSSR count). The molecule has 0 aliphatic carbocycles. The normalized spacial score (nSPS) is 19.5. The van der Waals surface area contributed by atoms with Crippen LogP contribution in [0.1, 0.15) is 38.8 Å². The maximum absolute atomic E-state index is 6.33. The number of hydrogen-bond acceptors (Lipinski definition) is 5. The van der Waals surface area contributed by atoms with Crippen LogP contribution in [0, 0.1) is 0 Å². The molecular formula is C20H23B2NO3S. The summed E-state index contributed by atoms with van der Waals surface area (Å²) < 4.78 is 17.7. The van der Waals surface area contributed by atoms with E-state index in [4.69, 9.17) is 14.0 Å². The van der Waals surface area contributed by atoms with Crippen molar-refractivity contribution < 1.29 is 14.0 Å². The Morgan fingerprint density at radius 2 is 1.78 bits per heavy atom. The Balaban J connectivity index is 1.80. The number of hydrogen-bond donors (Lipinski definition) is 0. The molecule has 0 aromatic heterocycles. The Bertz CT molecular complexity index is 898. The monoisotopic (exact) mass is 379 g/mol. The third-order valence-corrected chi connectivity index (χ3v) is 6.93. The van der Waals surface area contributed by atoms with E-state index in [1.807, 2.05) is 6.07 Å². The van der Waals surface area contributed by atoms with E-state index in [-0.39, 0.29) is 18.3 Å². The van der Waals surface area contributed by atoms with Crippen molar-refractivity contribution in [2.45, 2.75) is 55.1 Å². The molecule has 2 aliphatic rings. The van der Waals surface area contributed by atoms with Gasteiger partial charge in [0.15, 0.2) is 0 Å². The molecule has 0 unspecified atom stereocenters. The molecule has 7 heteroatoms. The summed E-state index contributed by atoms with van der Waals surface area (Å²) in [6.07, 6.45) is 0.836. The van der Waals surface area contributed by atoms with Crippen LogP contribution in [0.2, 0.25) is 0 Å². The molecule has 0 atom stereocenters.